The normalized spacial score (nSPS) is 20.9. The lowest BCUT2D eigenvalue weighted by Gasteiger charge is -2.19. The van der Waals surface area contributed by atoms with Crippen molar-refractivity contribution < 1.29 is 4.79 Å². The highest BCUT2D eigenvalue weighted by atomic mass is 16.1. The first-order valence-electron chi connectivity index (χ1n) is 5.52. The molecule has 1 aromatic rings. The summed E-state index contributed by atoms with van der Waals surface area (Å²) in [6.45, 7) is 1.80. The van der Waals surface area contributed by atoms with E-state index in [1.165, 1.54) is 18.8 Å². The molecule has 1 aliphatic heterocycles. The third kappa shape index (κ3) is 2.55. The number of likely N-dealkylation sites (N-methyl/N-ethyl adjacent to an activating group) is 1. The fraction of sp³-hybridized carbons (Fsp3) is 0.545. The second kappa shape index (κ2) is 5.03. The van der Waals surface area contributed by atoms with Crippen LogP contribution in [-0.4, -0.2) is 47.0 Å². The molecule has 0 aliphatic carbocycles. The van der Waals surface area contributed by atoms with Crippen LogP contribution in [-0.2, 0) is 0 Å². The second-order valence-corrected chi connectivity index (χ2v) is 4.08. The van der Waals surface area contributed by atoms with E-state index < -0.39 is 0 Å². The largest absolute Gasteiger partial charge is 0.349 e. The minimum Gasteiger partial charge on any atom is -0.349 e. The number of aromatic nitrogens is 2. The van der Waals surface area contributed by atoms with Crippen molar-refractivity contribution in [1.29, 1.82) is 0 Å². The monoisotopic (exact) mass is 220 g/mol. The molecule has 16 heavy (non-hydrogen) atoms. The molecular formula is C11H16N4O. The number of likely N-dealkylation sites (tertiary alicyclic amines) is 1. The van der Waals surface area contributed by atoms with E-state index in [0.717, 1.165) is 13.0 Å². The van der Waals surface area contributed by atoms with E-state index in [2.05, 4.69) is 27.2 Å². The summed E-state index contributed by atoms with van der Waals surface area (Å²) < 4.78 is 0. The summed E-state index contributed by atoms with van der Waals surface area (Å²) in [5.74, 6) is -0.145. The van der Waals surface area contributed by atoms with Crippen molar-refractivity contribution in [2.24, 2.45) is 0 Å². The van der Waals surface area contributed by atoms with Crippen LogP contribution in [0.3, 0.4) is 0 Å². The van der Waals surface area contributed by atoms with E-state index in [0.29, 0.717) is 18.3 Å². The maximum absolute atomic E-state index is 11.7. The first-order chi connectivity index (χ1) is 7.77. The van der Waals surface area contributed by atoms with E-state index in [4.69, 9.17) is 0 Å². The summed E-state index contributed by atoms with van der Waals surface area (Å²) in [6, 6.07) is 0.459. The van der Waals surface area contributed by atoms with E-state index in [-0.39, 0.29) is 5.91 Å². The van der Waals surface area contributed by atoms with Crippen molar-refractivity contribution in [2.45, 2.75) is 18.9 Å². The van der Waals surface area contributed by atoms with Crippen LogP contribution in [0.1, 0.15) is 23.3 Å². The predicted molar refractivity (Wildman–Crippen MR) is 60.0 cm³/mol. The molecule has 1 atom stereocenters. The van der Waals surface area contributed by atoms with Crippen molar-refractivity contribution in [3.8, 4) is 0 Å². The Bertz CT molecular complexity index is 354. The highest BCUT2D eigenvalue weighted by Gasteiger charge is 2.21. The number of carbonyl (C=O) groups excluding carboxylic acids is 1. The van der Waals surface area contributed by atoms with Gasteiger partial charge in [0.1, 0.15) is 5.69 Å². The maximum Gasteiger partial charge on any atom is 0.271 e. The first kappa shape index (κ1) is 11.0. The van der Waals surface area contributed by atoms with Gasteiger partial charge in [-0.25, -0.2) is 4.98 Å². The Morgan fingerprint density at radius 1 is 1.62 bits per heavy atom. The van der Waals surface area contributed by atoms with Gasteiger partial charge < -0.3 is 10.2 Å². The Morgan fingerprint density at radius 2 is 2.50 bits per heavy atom. The molecule has 1 N–H and O–H groups in total. The van der Waals surface area contributed by atoms with Crippen LogP contribution in [0.25, 0.3) is 0 Å². The number of hydrogen-bond acceptors (Lipinski definition) is 4. The fourth-order valence-corrected chi connectivity index (χ4v) is 1.95. The zero-order valence-corrected chi connectivity index (χ0v) is 9.39. The Kier molecular flexibility index (Phi) is 3.46. The molecule has 0 saturated carbocycles. The summed E-state index contributed by atoms with van der Waals surface area (Å²) in [7, 11) is 2.09. The molecule has 1 aliphatic rings. The smallest absolute Gasteiger partial charge is 0.271 e. The van der Waals surface area contributed by atoms with Gasteiger partial charge in [-0.15, -0.1) is 0 Å². The molecule has 2 rings (SSSR count). The molecule has 0 spiro atoms. The standard InChI is InChI=1S/C11H16N4O/c1-15-6-2-3-9(15)7-14-11(16)10-8-12-4-5-13-10/h4-5,8-9H,2-3,6-7H2,1H3,(H,14,16). The summed E-state index contributed by atoms with van der Waals surface area (Å²) in [5, 5.41) is 2.89. The quantitative estimate of drug-likeness (QED) is 0.796. The van der Waals surface area contributed by atoms with Gasteiger partial charge in [0, 0.05) is 25.0 Å². The van der Waals surface area contributed by atoms with Crippen LogP contribution >= 0.6 is 0 Å². The number of rotatable bonds is 3. The minimum absolute atomic E-state index is 0.145. The number of carbonyl (C=O) groups is 1. The van der Waals surface area contributed by atoms with E-state index in [9.17, 15) is 4.79 Å². The number of nitrogens with zero attached hydrogens (tertiary/aromatic N) is 3. The number of hydrogen-bond donors (Lipinski definition) is 1. The van der Waals surface area contributed by atoms with Crippen LogP contribution in [0.15, 0.2) is 18.6 Å². The molecular weight excluding hydrogens is 204 g/mol. The van der Waals surface area contributed by atoms with Crippen LogP contribution in [0.5, 0.6) is 0 Å². The van der Waals surface area contributed by atoms with Crippen molar-refractivity contribution in [3.63, 3.8) is 0 Å². The Morgan fingerprint density at radius 3 is 3.12 bits per heavy atom. The highest BCUT2D eigenvalue weighted by Crippen LogP contribution is 2.13. The summed E-state index contributed by atoms with van der Waals surface area (Å²) in [6.07, 6.45) is 6.92. The molecule has 1 saturated heterocycles. The molecule has 0 aromatic carbocycles. The van der Waals surface area contributed by atoms with Crippen LogP contribution in [0.2, 0.25) is 0 Å². The van der Waals surface area contributed by atoms with Gasteiger partial charge in [-0.2, -0.15) is 0 Å². The lowest BCUT2D eigenvalue weighted by Crippen LogP contribution is -2.38. The van der Waals surface area contributed by atoms with Gasteiger partial charge in [-0.1, -0.05) is 0 Å². The SMILES string of the molecule is CN1CCCC1CNC(=O)c1cnccn1. The van der Waals surface area contributed by atoms with E-state index >= 15 is 0 Å². The molecule has 5 heteroatoms. The van der Waals surface area contributed by atoms with Gasteiger partial charge in [-0.05, 0) is 26.4 Å². The van der Waals surface area contributed by atoms with Gasteiger partial charge in [-0.3, -0.25) is 9.78 Å². The van der Waals surface area contributed by atoms with Crippen LogP contribution in [0, 0.1) is 0 Å². The molecule has 5 nitrogen and oxygen atoms in total. The molecule has 1 unspecified atom stereocenters. The number of amides is 1. The van der Waals surface area contributed by atoms with Crippen molar-refractivity contribution in [2.75, 3.05) is 20.1 Å². The molecule has 86 valence electrons. The molecule has 1 aromatic heterocycles. The van der Waals surface area contributed by atoms with E-state index in [1.54, 1.807) is 6.20 Å². The third-order valence-corrected chi connectivity index (χ3v) is 2.97. The topological polar surface area (TPSA) is 58.1 Å². The van der Waals surface area contributed by atoms with Gasteiger partial charge >= 0.3 is 0 Å². The fourth-order valence-electron chi connectivity index (χ4n) is 1.95. The zero-order chi connectivity index (χ0) is 11.4. The molecule has 2 heterocycles. The summed E-state index contributed by atoms with van der Waals surface area (Å²) in [4.78, 5) is 21.8. The van der Waals surface area contributed by atoms with Gasteiger partial charge in [0.05, 0.1) is 6.20 Å². The highest BCUT2D eigenvalue weighted by molar-refractivity contribution is 5.91. The lowest BCUT2D eigenvalue weighted by molar-refractivity contribution is 0.0938. The van der Waals surface area contributed by atoms with Gasteiger partial charge in [0.2, 0.25) is 0 Å². The Balaban J connectivity index is 1.84. The van der Waals surface area contributed by atoms with Crippen LogP contribution < -0.4 is 5.32 Å². The average molecular weight is 220 g/mol. The lowest BCUT2D eigenvalue weighted by atomic mass is 10.2. The predicted octanol–water partition coefficient (Wildman–Crippen LogP) is 0.301. The van der Waals surface area contributed by atoms with Crippen molar-refractivity contribution >= 4 is 5.91 Å². The van der Waals surface area contributed by atoms with E-state index in [1.807, 2.05) is 0 Å². The first-order valence-corrected chi connectivity index (χ1v) is 5.52. The van der Waals surface area contributed by atoms with Gasteiger partial charge in [0.25, 0.3) is 5.91 Å². The van der Waals surface area contributed by atoms with Crippen LogP contribution in [0.4, 0.5) is 0 Å². The maximum atomic E-state index is 11.7. The second-order valence-electron chi connectivity index (χ2n) is 4.08. The minimum atomic E-state index is -0.145. The molecule has 1 fully saturated rings. The Hall–Kier alpha value is -1.49. The molecule has 0 bridgehead atoms. The Labute approximate surface area is 94.9 Å². The summed E-state index contributed by atoms with van der Waals surface area (Å²) >= 11 is 0. The molecule has 0 radical (unpaired) electrons. The third-order valence-electron chi connectivity index (χ3n) is 2.97. The van der Waals surface area contributed by atoms with Crippen molar-refractivity contribution in [3.05, 3.63) is 24.3 Å². The zero-order valence-electron chi connectivity index (χ0n) is 9.39. The van der Waals surface area contributed by atoms with Gasteiger partial charge in [0.15, 0.2) is 0 Å². The van der Waals surface area contributed by atoms with Crippen molar-refractivity contribution in [1.82, 2.24) is 20.2 Å². The summed E-state index contributed by atoms with van der Waals surface area (Å²) in [5.41, 5.74) is 0.378. The average Bonchev–Trinajstić information content (AvgIpc) is 2.73. The molecule has 1 amide bonds. The number of nitrogens with one attached hydrogen (secondary N) is 1.